The fourth-order valence-electron chi connectivity index (χ4n) is 7.31. The normalized spacial score (nSPS) is 12.6. The first-order chi connectivity index (χ1) is 32.9. The fourth-order valence-corrected chi connectivity index (χ4v) is 8.15. The SMILES string of the molecule is CCCCCCCCCCCCCCCCCC(=O)OCCSCC(NC(=O)OC(C)(C)C)C(=O)NC(COC(C)(C)C)C(=O)Nc1ccc(Cn2c(=O)[nH]c3c(N)nc(NCCCC)nc32)cc1. The van der Waals surface area contributed by atoms with Crippen LogP contribution < -0.4 is 32.7 Å². The molecular formula is C51H85N9O8S. The lowest BCUT2D eigenvalue weighted by Crippen LogP contribution is -2.55. The van der Waals surface area contributed by atoms with Gasteiger partial charge in [-0.05, 0) is 72.1 Å². The molecule has 3 rings (SSSR count). The first-order valence-electron chi connectivity index (χ1n) is 25.5. The van der Waals surface area contributed by atoms with Gasteiger partial charge in [-0.1, -0.05) is 122 Å². The van der Waals surface area contributed by atoms with E-state index in [9.17, 15) is 24.0 Å². The van der Waals surface area contributed by atoms with Crippen LogP contribution >= 0.6 is 11.8 Å². The minimum absolute atomic E-state index is 0.117. The van der Waals surface area contributed by atoms with Crippen LogP contribution in [-0.2, 0) is 35.1 Å². The highest BCUT2D eigenvalue weighted by atomic mass is 32.2. The van der Waals surface area contributed by atoms with Gasteiger partial charge in [0, 0.05) is 30.2 Å². The monoisotopic (exact) mass is 984 g/mol. The van der Waals surface area contributed by atoms with Gasteiger partial charge in [0.25, 0.3) is 0 Å². The molecule has 69 heavy (non-hydrogen) atoms. The number of thioether (sulfide) groups is 1. The molecule has 0 aliphatic heterocycles. The molecule has 18 heteroatoms. The van der Waals surface area contributed by atoms with Gasteiger partial charge in [-0.15, -0.1) is 0 Å². The Balaban J connectivity index is 1.52. The van der Waals surface area contributed by atoms with Gasteiger partial charge in [-0.3, -0.25) is 19.0 Å². The summed E-state index contributed by atoms with van der Waals surface area (Å²) >= 11 is 1.33. The van der Waals surface area contributed by atoms with Gasteiger partial charge in [0.15, 0.2) is 11.5 Å². The van der Waals surface area contributed by atoms with Crippen LogP contribution in [0.3, 0.4) is 0 Å². The number of aromatic amines is 1. The topological polar surface area (TPSA) is 234 Å². The molecule has 388 valence electrons. The van der Waals surface area contributed by atoms with E-state index in [-0.39, 0.29) is 37.3 Å². The minimum Gasteiger partial charge on any atom is -0.465 e. The number of esters is 1. The van der Waals surface area contributed by atoms with E-state index < -0.39 is 46.9 Å². The second-order valence-corrected chi connectivity index (χ2v) is 20.9. The Morgan fingerprint density at radius 1 is 0.754 bits per heavy atom. The summed E-state index contributed by atoms with van der Waals surface area (Å²) in [4.78, 5) is 77.6. The zero-order chi connectivity index (χ0) is 50.7. The van der Waals surface area contributed by atoms with Crippen molar-refractivity contribution in [3.05, 3.63) is 40.3 Å². The maximum absolute atomic E-state index is 13.9. The van der Waals surface area contributed by atoms with E-state index in [0.29, 0.717) is 41.5 Å². The summed E-state index contributed by atoms with van der Waals surface area (Å²) < 4.78 is 18.4. The molecule has 1 aromatic carbocycles. The number of H-pyrrole nitrogens is 1. The highest BCUT2D eigenvalue weighted by Crippen LogP contribution is 2.20. The number of nitrogens with one attached hydrogen (secondary N) is 5. The van der Waals surface area contributed by atoms with Gasteiger partial charge in [0.05, 0.1) is 18.8 Å². The van der Waals surface area contributed by atoms with Crippen LogP contribution in [-0.4, -0.2) is 97.9 Å². The third-order valence-corrected chi connectivity index (χ3v) is 12.1. The summed E-state index contributed by atoms with van der Waals surface area (Å²) in [7, 11) is 0. The van der Waals surface area contributed by atoms with Crippen LogP contribution in [0.4, 0.5) is 22.2 Å². The molecule has 0 spiro atoms. The number of anilines is 3. The van der Waals surface area contributed by atoms with Crippen LogP contribution in [0, 0.1) is 0 Å². The van der Waals surface area contributed by atoms with Crippen LogP contribution in [0.15, 0.2) is 29.1 Å². The second-order valence-electron chi connectivity index (χ2n) is 19.8. The second kappa shape index (κ2) is 31.4. The molecule has 0 aliphatic rings. The number of fused-ring (bicyclic) bond motifs is 1. The number of ether oxygens (including phenoxy) is 3. The Kier molecular flexibility index (Phi) is 26.6. The van der Waals surface area contributed by atoms with Crippen molar-refractivity contribution in [2.45, 2.75) is 201 Å². The molecule has 0 radical (unpaired) electrons. The molecule has 0 aliphatic carbocycles. The maximum atomic E-state index is 13.9. The van der Waals surface area contributed by atoms with Crippen molar-refractivity contribution in [3.63, 3.8) is 0 Å². The average molecular weight is 984 g/mol. The highest BCUT2D eigenvalue weighted by Gasteiger charge is 2.30. The number of hydrogen-bond donors (Lipinski definition) is 6. The number of imidazole rings is 1. The number of nitrogen functional groups attached to an aromatic ring is 1. The number of aromatic nitrogens is 4. The van der Waals surface area contributed by atoms with Crippen molar-refractivity contribution in [2.75, 3.05) is 47.6 Å². The van der Waals surface area contributed by atoms with E-state index in [1.54, 1.807) is 45.0 Å². The molecule has 0 fully saturated rings. The van der Waals surface area contributed by atoms with E-state index >= 15 is 0 Å². The lowest BCUT2D eigenvalue weighted by molar-refractivity contribution is -0.143. The Morgan fingerprint density at radius 2 is 1.35 bits per heavy atom. The predicted octanol–water partition coefficient (Wildman–Crippen LogP) is 9.63. The molecular weight excluding hydrogens is 899 g/mol. The number of alkyl carbamates (subject to hydrolysis) is 1. The third kappa shape index (κ3) is 24.5. The Labute approximate surface area is 415 Å². The molecule has 3 aromatic rings. The van der Waals surface area contributed by atoms with Crippen molar-refractivity contribution in [2.24, 2.45) is 0 Å². The number of nitrogens with zero attached hydrogens (tertiary/aromatic N) is 3. The summed E-state index contributed by atoms with van der Waals surface area (Å²) in [6, 6.07) is 4.66. The van der Waals surface area contributed by atoms with E-state index in [0.717, 1.165) is 37.7 Å². The van der Waals surface area contributed by atoms with Crippen LogP contribution in [0.2, 0.25) is 0 Å². The standard InChI is InChI=1S/C51H85N9O8S/c1-9-11-13-14-15-16-17-18-19-20-21-22-23-24-25-26-41(61)66-32-33-69-36-40(56-49(65)68-51(6,7)8)46(63)55-39(35-67-50(3,4)5)45(62)54-38-29-27-37(28-30-38)34-60-44-42(57-48(60)64)43(52)58-47(59-44)53-31-12-10-2/h27-30,39-40H,9-26,31-36H2,1-8H3,(H,54,62)(H,55,63)(H,56,65)(H,57,64)(H3,52,53,58,59). The number of amides is 3. The van der Waals surface area contributed by atoms with E-state index in [1.165, 1.54) is 93.4 Å². The molecule has 2 unspecified atom stereocenters. The first kappa shape index (κ1) is 58.5. The number of rotatable bonds is 34. The zero-order valence-electron chi connectivity index (χ0n) is 43.0. The number of unbranched alkanes of at least 4 members (excludes halogenated alkanes) is 15. The summed E-state index contributed by atoms with van der Waals surface area (Å²) in [5.74, 6) is -0.410. The van der Waals surface area contributed by atoms with Crippen molar-refractivity contribution in [3.8, 4) is 0 Å². The number of carbonyl (C=O) groups is 4. The van der Waals surface area contributed by atoms with Crippen LogP contribution in [0.25, 0.3) is 11.2 Å². The van der Waals surface area contributed by atoms with Crippen LogP contribution in [0.1, 0.15) is 177 Å². The van der Waals surface area contributed by atoms with Gasteiger partial charge in [0.1, 0.15) is 29.8 Å². The predicted molar refractivity (Wildman–Crippen MR) is 279 cm³/mol. The molecule has 0 saturated heterocycles. The molecule has 2 atom stereocenters. The van der Waals surface area contributed by atoms with Gasteiger partial charge >= 0.3 is 17.8 Å². The number of benzene rings is 1. The quantitative estimate of drug-likeness (QED) is 0.0242. The zero-order valence-corrected chi connectivity index (χ0v) is 43.8. The van der Waals surface area contributed by atoms with Crippen molar-refractivity contribution >= 4 is 64.3 Å². The fraction of sp³-hybridized carbons (Fsp3) is 0.706. The minimum atomic E-state index is -1.15. The smallest absolute Gasteiger partial charge is 0.408 e. The van der Waals surface area contributed by atoms with Crippen molar-refractivity contribution < 1.29 is 33.4 Å². The molecule has 17 nitrogen and oxygen atoms in total. The van der Waals surface area contributed by atoms with Crippen molar-refractivity contribution in [1.82, 2.24) is 30.2 Å². The van der Waals surface area contributed by atoms with Gasteiger partial charge in [-0.25, -0.2) is 9.59 Å². The maximum Gasteiger partial charge on any atom is 0.408 e. The Morgan fingerprint density at radius 3 is 1.93 bits per heavy atom. The average Bonchev–Trinajstić information content (AvgIpc) is 3.59. The summed E-state index contributed by atoms with van der Waals surface area (Å²) in [6.45, 7) is 15.8. The van der Waals surface area contributed by atoms with E-state index in [1.807, 2.05) is 20.8 Å². The third-order valence-electron chi connectivity index (χ3n) is 11.1. The molecule has 2 heterocycles. The van der Waals surface area contributed by atoms with Gasteiger partial charge in [-0.2, -0.15) is 21.7 Å². The van der Waals surface area contributed by atoms with E-state index in [2.05, 4.69) is 50.1 Å². The molecule has 0 bridgehead atoms. The number of nitrogens with two attached hydrogens (primary N) is 1. The lowest BCUT2D eigenvalue weighted by atomic mass is 10.0. The summed E-state index contributed by atoms with van der Waals surface area (Å²) in [6.07, 6.45) is 20.3. The molecule has 0 saturated carbocycles. The Bertz CT molecular complexity index is 2050. The molecule has 7 N–H and O–H groups in total. The van der Waals surface area contributed by atoms with Crippen molar-refractivity contribution in [1.29, 1.82) is 0 Å². The summed E-state index contributed by atoms with van der Waals surface area (Å²) in [5.41, 5.74) is 6.20. The highest BCUT2D eigenvalue weighted by molar-refractivity contribution is 7.99. The number of carbonyl (C=O) groups excluding carboxylic acids is 4. The lowest BCUT2D eigenvalue weighted by Gasteiger charge is -2.27. The van der Waals surface area contributed by atoms with E-state index in [4.69, 9.17) is 19.9 Å². The summed E-state index contributed by atoms with van der Waals surface area (Å²) in [5, 5.41) is 11.4. The molecule has 3 amide bonds. The van der Waals surface area contributed by atoms with Crippen LogP contribution in [0.5, 0.6) is 0 Å². The van der Waals surface area contributed by atoms with Gasteiger partial charge < -0.3 is 46.2 Å². The first-order valence-corrected chi connectivity index (χ1v) is 26.6. The molecule has 2 aromatic heterocycles. The number of hydrogen-bond acceptors (Lipinski definition) is 13. The van der Waals surface area contributed by atoms with Gasteiger partial charge in [0.2, 0.25) is 17.8 Å². The largest absolute Gasteiger partial charge is 0.465 e. The Hall–Kier alpha value is -4.84.